The Kier molecular flexibility index (Phi) is 6.52. The Morgan fingerprint density at radius 1 is 0.923 bits per heavy atom. The maximum Gasteiger partial charge on any atom is 0.227 e. The number of carbonyl (C=O) groups excluding carboxylic acids is 1. The molecular formula is C20H21Cl2FN2O. The Morgan fingerprint density at radius 2 is 1.65 bits per heavy atom. The van der Waals surface area contributed by atoms with Crippen molar-refractivity contribution < 1.29 is 9.18 Å². The molecule has 1 saturated heterocycles. The zero-order valence-electron chi connectivity index (χ0n) is 14.4. The van der Waals surface area contributed by atoms with Gasteiger partial charge in [0.1, 0.15) is 5.82 Å². The minimum atomic E-state index is -0.219. The average Bonchev–Trinajstić information content (AvgIpc) is 2.86. The van der Waals surface area contributed by atoms with Gasteiger partial charge in [-0.05, 0) is 41.8 Å². The van der Waals surface area contributed by atoms with Crippen LogP contribution in [0.2, 0.25) is 10.0 Å². The van der Waals surface area contributed by atoms with E-state index >= 15 is 0 Å². The first-order valence-electron chi connectivity index (χ1n) is 8.70. The van der Waals surface area contributed by atoms with E-state index in [0.717, 1.165) is 43.7 Å². The lowest BCUT2D eigenvalue weighted by molar-refractivity contribution is -0.130. The molecule has 2 aromatic rings. The van der Waals surface area contributed by atoms with Crippen LogP contribution >= 0.6 is 23.2 Å². The summed E-state index contributed by atoms with van der Waals surface area (Å²) in [6.45, 7) is 3.95. The van der Waals surface area contributed by atoms with Crippen LogP contribution in [0.4, 0.5) is 4.39 Å². The quantitative estimate of drug-likeness (QED) is 0.766. The van der Waals surface area contributed by atoms with Crippen molar-refractivity contribution in [3.05, 3.63) is 69.5 Å². The lowest BCUT2D eigenvalue weighted by atomic mass is 10.1. The maximum atomic E-state index is 13.0. The van der Waals surface area contributed by atoms with E-state index in [9.17, 15) is 9.18 Å². The fourth-order valence-corrected chi connectivity index (χ4v) is 3.48. The first-order valence-corrected chi connectivity index (χ1v) is 9.45. The summed E-state index contributed by atoms with van der Waals surface area (Å²) in [5, 5.41) is 0.965. The predicted molar refractivity (Wildman–Crippen MR) is 103 cm³/mol. The molecule has 3 rings (SSSR count). The Balaban J connectivity index is 1.54. The molecule has 1 amide bonds. The van der Waals surface area contributed by atoms with E-state index in [1.54, 1.807) is 12.1 Å². The van der Waals surface area contributed by atoms with Gasteiger partial charge >= 0.3 is 0 Å². The van der Waals surface area contributed by atoms with Crippen LogP contribution in [0.3, 0.4) is 0 Å². The molecule has 1 fully saturated rings. The molecule has 0 aromatic heterocycles. The van der Waals surface area contributed by atoms with Crippen LogP contribution in [0, 0.1) is 5.82 Å². The molecule has 26 heavy (non-hydrogen) atoms. The molecule has 0 radical (unpaired) electrons. The number of benzene rings is 2. The molecule has 2 aromatic carbocycles. The van der Waals surface area contributed by atoms with Gasteiger partial charge in [0.05, 0.1) is 16.5 Å². The van der Waals surface area contributed by atoms with Gasteiger partial charge < -0.3 is 4.90 Å². The van der Waals surface area contributed by atoms with E-state index in [4.69, 9.17) is 23.2 Å². The Morgan fingerprint density at radius 3 is 2.38 bits per heavy atom. The summed E-state index contributed by atoms with van der Waals surface area (Å²) < 4.78 is 13.0. The molecular weight excluding hydrogens is 374 g/mol. The van der Waals surface area contributed by atoms with Crippen LogP contribution in [0.1, 0.15) is 17.5 Å². The van der Waals surface area contributed by atoms with Gasteiger partial charge in [0.15, 0.2) is 0 Å². The highest BCUT2D eigenvalue weighted by atomic mass is 35.5. The first kappa shape index (κ1) is 19.2. The molecule has 6 heteroatoms. The Hall–Kier alpha value is -1.62. The summed E-state index contributed by atoms with van der Waals surface area (Å²) >= 11 is 12.0. The summed E-state index contributed by atoms with van der Waals surface area (Å²) in [6, 6.07) is 11.9. The topological polar surface area (TPSA) is 23.6 Å². The molecule has 1 aliphatic rings. The van der Waals surface area contributed by atoms with Crippen LogP contribution in [0.5, 0.6) is 0 Å². The van der Waals surface area contributed by atoms with Crippen LogP contribution in [-0.2, 0) is 17.8 Å². The largest absolute Gasteiger partial charge is 0.341 e. The summed E-state index contributed by atoms with van der Waals surface area (Å²) in [7, 11) is 0. The van der Waals surface area contributed by atoms with E-state index in [1.165, 1.54) is 12.1 Å². The van der Waals surface area contributed by atoms with Crippen molar-refractivity contribution in [2.24, 2.45) is 0 Å². The number of nitrogens with zero attached hydrogens (tertiary/aromatic N) is 2. The lowest BCUT2D eigenvalue weighted by Crippen LogP contribution is -2.36. The molecule has 1 heterocycles. The summed E-state index contributed by atoms with van der Waals surface area (Å²) in [5.74, 6) is -0.115. The molecule has 0 bridgehead atoms. The van der Waals surface area contributed by atoms with Crippen molar-refractivity contribution in [2.45, 2.75) is 19.4 Å². The third kappa shape index (κ3) is 5.19. The zero-order chi connectivity index (χ0) is 18.5. The van der Waals surface area contributed by atoms with Gasteiger partial charge in [0.2, 0.25) is 5.91 Å². The summed E-state index contributed by atoms with van der Waals surface area (Å²) in [6.07, 6.45) is 1.25. The van der Waals surface area contributed by atoms with Crippen LogP contribution < -0.4 is 0 Å². The monoisotopic (exact) mass is 394 g/mol. The molecule has 1 aliphatic heterocycles. The number of amides is 1. The average molecular weight is 395 g/mol. The summed E-state index contributed by atoms with van der Waals surface area (Å²) in [4.78, 5) is 16.8. The minimum absolute atomic E-state index is 0.104. The fourth-order valence-electron chi connectivity index (χ4n) is 3.16. The van der Waals surface area contributed by atoms with Gasteiger partial charge in [0, 0.05) is 32.7 Å². The van der Waals surface area contributed by atoms with E-state index < -0.39 is 0 Å². The normalized spacial score (nSPS) is 15.7. The van der Waals surface area contributed by atoms with E-state index in [1.807, 2.05) is 23.1 Å². The standard InChI is InChI=1S/C20H21Cl2FN2O/c21-18-7-4-16(12-19(18)22)13-20(26)25-9-1-8-24(10-11-25)14-15-2-5-17(23)6-3-15/h2-7,12H,1,8-11,13-14H2. The SMILES string of the molecule is O=C(Cc1ccc(Cl)c(Cl)c1)N1CCCN(Cc2ccc(F)cc2)CC1. The van der Waals surface area contributed by atoms with Gasteiger partial charge in [-0.1, -0.05) is 41.4 Å². The second-order valence-electron chi connectivity index (χ2n) is 6.56. The number of halogens is 3. The highest BCUT2D eigenvalue weighted by Gasteiger charge is 2.19. The van der Waals surface area contributed by atoms with Crippen molar-refractivity contribution in [1.29, 1.82) is 0 Å². The molecule has 0 aliphatic carbocycles. The summed E-state index contributed by atoms with van der Waals surface area (Å²) in [5.41, 5.74) is 1.96. The second-order valence-corrected chi connectivity index (χ2v) is 7.38. The number of carbonyl (C=O) groups is 1. The molecule has 0 atom stereocenters. The fraction of sp³-hybridized carbons (Fsp3) is 0.350. The number of hydrogen-bond acceptors (Lipinski definition) is 2. The highest BCUT2D eigenvalue weighted by molar-refractivity contribution is 6.42. The van der Waals surface area contributed by atoms with Crippen LogP contribution in [0.25, 0.3) is 0 Å². The molecule has 3 nitrogen and oxygen atoms in total. The molecule has 0 unspecified atom stereocenters. The number of hydrogen-bond donors (Lipinski definition) is 0. The minimum Gasteiger partial charge on any atom is -0.341 e. The van der Waals surface area contributed by atoms with Crippen molar-refractivity contribution in [3.63, 3.8) is 0 Å². The molecule has 0 spiro atoms. The van der Waals surface area contributed by atoms with Gasteiger partial charge in [-0.15, -0.1) is 0 Å². The van der Waals surface area contributed by atoms with Gasteiger partial charge in [-0.25, -0.2) is 4.39 Å². The highest BCUT2D eigenvalue weighted by Crippen LogP contribution is 2.23. The van der Waals surface area contributed by atoms with Crippen molar-refractivity contribution >= 4 is 29.1 Å². The Bertz CT molecular complexity index is 767. The Labute approximate surface area is 163 Å². The molecule has 0 saturated carbocycles. The molecule has 138 valence electrons. The van der Waals surface area contributed by atoms with Gasteiger partial charge in [0.25, 0.3) is 0 Å². The van der Waals surface area contributed by atoms with Gasteiger partial charge in [-0.3, -0.25) is 9.69 Å². The predicted octanol–water partition coefficient (Wildman–Crippen LogP) is 4.41. The van der Waals surface area contributed by atoms with Crippen molar-refractivity contribution in [1.82, 2.24) is 9.80 Å². The van der Waals surface area contributed by atoms with Crippen molar-refractivity contribution in [2.75, 3.05) is 26.2 Å². The third-order valence-corrected chi connectivity index (χ3v) is 5.34. The second kappa shape index (κ2) is 8.85. The van der Waals surface area contributed by atoms with E-state index in [0.29, 0.717) is 23.0 Å². The van der Waals surface area contributed by atoms with Crippen LogP contribution in [-0.4, -0.2) is 41.9 Å². The number of rotatable bonds is 4. The lowest BCUT2D eigenvalue weighted by Gasteiger charge is -2.22. The zero-order valence-corrected chi connectivity index (χ0v) is 15.9. The first-order chi connectivity index (χ1) is 12.5. The van der Waals surface area contributed by atoms with Crippen LogP contribution in [0.15, 0.2) is 42.5 Å². The molecule has 0 N–H and O–H groups in total. The van der Waals surface area contributed by atoms with Gasteiger partial charge in [-0.2, -0.15) is 0 Å². The van der Waals surface area contributed by atoms with E-state index in [-0.39, 0.29) is 11.7 Å². The van der Waals surface area contributed by atoms with Crippen molar-refractivity contribution in [3.8, 4) is 0 Å². The maximum absolute atomic E-state index is 13.0. The third-order valence-electron chi connectivity index (χ3n) is 4.60. The van der Waals surface area contributed by atoms with E-state index in [2.05, 4.69) is 4.90 Å². The smallest absolute Gasteiger partial charge is 0.227 e.